The summed E-state index contributed by atoms with van der Waals surface area (Å²) in [6.45, 7) is 3.63. The zero-order chi connectivity index (χ0) is 19.6. The number of hydrogen-bond acceptors (Lipinski definition) is 5. The van der Waals surface area contributed by atoms with Crippen molar-refractivity contribution in [3.63, 3.8) is 0 Å². The predicted molar refractivity (Wildman–Crippen MR) is 102 cm³/mol. The largest absolute Gasteiger partial charge is 0.324 e. The lowest BCUT2D eigenvalue weighted by atomic mass is 10.3. The van der Waals surface area contributed by atoms with Gasteiger partial charge >= 0.3 is 6.03 Å². The van der Waals surface area contributed by atoms with Crippen LogP contribution in [0.1, 0.15) is 17.0 Å². The number of aromatic nitrogens is 4. The summed E-state index contributed by atoms with van der Waals surface area (Å²) in [5, 5.41) is 19.3. The van der Waals surface area contributed by atoms with Crippen molar-refractivity contribution in [1.82, 2.24) is 19.7 Å². The quantitative estimate of drug-likeness (QED) is 0.686. The Bertz CT molecular complexity index is 1050. The first-order valence-corrected chi connectivity index (χ1v) is 8.47. The number of carbonyl (C=O) groups is 1. The number of urea groups is 1. The van der Waals surface area contributed by atoms with Crippen LogP contribution in [-0.4, -0.2) is 25.8 Å². The van der Waals surface area contributed by atoms with Gasteiger partial charge in [0, 0.05) is 17.1 Å². The summed E-state index contributed by atoms with van der Waals surface area (Å²) < 4.78 is 1.30. The molecule has 0 atom stereocenters. The highest BCUT2D eigenvalue weighted by Crippen LogP contribution is 2.25. The maximum Gasteiger partial charge on any atom is 0.324 e. The second kappa shape index (κ2) is 7.61. The zero-order valence-corrected chi connectivity index (χ0v) is 15.8. The van der Waals surface area contributed by atoms with Crippen LogP contribution in [0.4, 0.5) is 16.3 Å². The van der Waals surface area contributed by atoms with E-state index in [1.807, 2.05) is 26.0 Å². The molecule has 0 unspecified atom stereocenters. The van der Waals surface area contributed by atoms with Gasteiger partial charge in [0.1, 0.15) is 11.6 Å². The molecule has 0 radical (unpaired) electrons. The first-order chi connectivity index (χ1) is 12.9. The molecule has 3 rings (SSSR count). The molecule has 1 aromatic carbocycles. The average molecular weight is 402 g/mol. The lowest BCUT2D eigenvalue weighted by molar-refractivity contribution is 0.262. The maximum atomic E-state index is 12.4. The monoisotopic (exact) mass is 401 g/mol. The smallest absolute Gasteiger partial charge is 0.308 e. The number of nitriles is 1. The Morgan fingerprint density at radius 3 is 2.44 bits per heavy atom. The molecule has 2 amide bonds. The van der Waals surface area contributed by atoms with E-state index in [2.05, 4.69) is 25.7 Å². The third-order valence-electron chi connectivity index (χ3n) is 3.46. The third kappa shape index (κ3) is 4.16. The molecule has 0 saturated carbocycles. The second-order valence-corrected chi connectivity index (χ2v) is 6.40. The molecule has 2 aromatic heterocycles. The predicted octanol–water partition coefficient (Wildman–Crippen LogP) is 4.10. The lowest BCUT2D eigenvalue weighted by Gasteiger charge is -2.11. The number of anilines is 2. The lowest BCUT2D eigenvalue weighted by Crippen LogP contribution is -2.22. The molecular weight excluding hydrogens is 389 g/mol. The van der Waals surface area contributed by atoms with Crippen LogP contribution in [0.3, 0.4) is 0 Å². The minimum absolute atomic E-state index is 0.153. The van der Waals surface area contributed by atoms with E-state index in [4.69, 9.17) is 23.2 Å². The number of halogens is 2. The van der Waals surface area contributed by atoms with Crippen LogP contribution in [-0.2, 0) is 0 Å². The SMILES string of the molecule is Cc1cc(C)nc(-n2ncc(C#N)c2NC(=O)Nc2ccc(Cl)c(Cl)c2)n1. The highest BCUT2D eigenvalue weighted by Gasteiger charge is 2.17. The minimum atomic E-state index is -0.587. The van der Waals surface area contributed by atoms with Gasteiger partial charge in [-0.15, -0.1) is 0 Å². The average Bonchev–Trinajstić information content (AvgIpc) is 3.00. The number of nitrogens with zero attached hydrogens (tertiary/aromatic N) is 5. The maximum absolute atomic E-state index is 12.4. The van der Waals surface area contributed by atoms with Crippen LogP contribution in [0, 0.1) is 25.2 Å². The van der Waals surface area contributed by atoms with E-state index in [9.17, 15) is 10.1 Å². The Kier molecular flexibility index (Phi) is 5.26. The van der Waals surface area contributed by atoms with Gasteiger partial charge in [0.25, 0.3) is 5.95 Å². The van der Waals surface area contributed by atoms with Gasteiger partial charge in [-0.05, 0) is 38.1 Å². The third-order valence-corrected chi connectivity index (χ3v) is 4.20. The van der Waals surface area contributed by atoms with Crippen LogP contribution in [0.15, 0.2) is 30.5 Å². The fourth-order valence-electron chi connectivity index (χ4n) is 2.35. The molecule has 3 aromatic rings. The molecule has 10 heteroatoms. The molecule has 8 nitrogen and oxygen atoms in total. The summed E-state index contributed by atoms with van der Waals surface area (Å²) in [5.41, 5.74) is 2.08. The summed E-state index contributed by atoms with van der Waals surface area (Å²) in [6, 6.07) is 7.88. The van der Waals surface area contributed by atoms with E-state index in [1.54, 1.807) is 12.1 Å². The number of rotatable bonds is 3. The Hall–Kier alpha value is -3.15. The van der Waals surface area contributed by atoms with Crippen molar-refractivity contribution in [3.8, 4) is 12.0 Å². The molecule has 0 bridgehead atoms. The molecule has 27 heavy (non-hydrogen) atoms. The van der Waals surface area contributed by atoms with Gasteiger partial charge < -0.3 is 5.32 Å². The first kappa shape index (κ1) is 18.6. The molecule has 0 aliphatic heterocycles. The standard InChI is InChI=1S/C17H13Cl2N7O/c1-9-5-10(2)23-16(22-9)26-15(11(7-20)8-21-26)25-17(27)24-12-3-4-13(18)14(19)6-12/h3-6,8H,1-2H3,(H2,24,25,27). The highest BCUT2D eigenvalue weighted by molar-refractivity contribution is 6.42. The first-order valence-electron chi connectivity index (χ1n) is 7.71. The van der Waals surface area contributed by atoms with Crippen LogP contribution in [0.25, 0.3) is 5.95 Å². The van der Waals surface area contributed by atoms with Crippen molar-refractivity contribution in [2.45, 2.75) is 13.8 Å². The Balaban J connectivity index is 1.89. The van der Waals surface area contributed by atoms with E-state index in [0.717, 1.165) is 11.4 Å². The number of benzene rings is 1. The Morgan fingerprint density at radius 2 is 1.81 bits per heavy atom. The summed E-state index contributed by atoms with van der Waals surface area (Å²) >= 11 is 11.8. The van der Waals surface area contributed by atoms with Gasteiger partial charge in [-0.1, -0.05) is 23.2 Å². The van der Waals surface area contributed by atoms with Gasteiger partial charge in [0.05, 0.1) is 16.2 Å². The Labute approximate surface area is 164 Å². The van der Waals surface area contributed by atoms with Crippen molar-refractivity contribution in [2.75, 3.05) is 10.6 Å². The van der Waals surface area contributed by atoms with Gasteiger partial charge in [0.2, 0.25) is 0 Å². The zero-order valence-electron chi connectivity index (χ0n) is 14.3. The summed E-state index contributed by atoms with van der Waals surface area (Å²) in [5.74, 6) is 0.402. The van der Waals surface area contributed by atoms with Crippen molar-refractivity contribution >= 4 is 40.7 Å². The number of carbonyl (C=O) groups excluding carboxylic acids is 1. The summed E-state index contributed by atoms with van der Waals surface area (Å²) in [6.07, 6.45) is 1.33. The molecule has 2 heterocycles. The van der Waals surface area contributed by atoms with Gasteiger partial charge in [-0.3, -0.25) is 5.32 Å². The number of hydrogen-bond donors (Lipinski definition) is 2. The van der Waals surface area contributed by atoms with Gasteiger partial charge in [-0.2, -0.15) is 15.0 Å². The van der Waals surface area contributed by atoms with E-state index in [-0.39, 0.29) is 17.3 Å². The van der Waals surface area contributed by atoms with Crippen LogP contribution in [0.2, 0.25) is 10.0 Å². The molecule has 0 aliphatic rings. The molecule has 2 N–H and O–H groups in total. The molecule has 0 spiro atoms. The van der Waals surface area contributed by atoms with Crippen molar-refractivity contribution < 1.29 is 4.79 Å². The van der Waals surface area contributed by atoms with E-state index >= 15 is 0 Å². The molecular formula is C17H13Cl2N7O. The summed E-state index contributed by atoms with van der Waals surface area (Å²) in [4.78, 5) is 21.0. The number of amides is 2. The van der Waals surface area contributed by atoms with Crippen LogP contribution < -0.4 is 10.6 Å². The minimum Gasteiger partial charge on any atom is -0.308 e. The molecule has 0 aliphatic carbocycles. The highest BCUT2D eigenvalue weighted by atomic mass is 35.5. The topological polar surface area (TPSA) is 109 Å². The van der Waals surface area contributed by atoms with E-state index < -0.39 is 6.03 Å². The van der Waals surface area contributed by atoms with Crippen molar-refractivity contribution in [3.05, 3.63) is 57.5 Å². The second-order valence-electron chi connectivity index (χ2n) is 5.59. The van der Waals surface area contributed by atoms with Crippen molar-refractivity contribution in [2.24, 2.45) is 0 Å². The van der Waals surface area contributed by atoms with Gasteiger partial charge in [0.15, 0.2) is 5.82 Å². The van der Waals surface area contributed by atoms with Crippen LogP contribution in [0.5, 0.6) is 0 Å². The normalized spacial score (nSPS) is 10.3. The molecule has 0 saturated heterocycles. The Morgan fingerprint density at radius 1 is 1.11 bits per heavy atom. The van der Waals surface area contributed by atoms with E-state index in [1.165, 1.54) is 16.9 Å². The molecule has 136 valence electrons. The van der Waals surface area contributed by atoms with Crippen LogP contribution >= 0.6 is 23.2 Å². The number of nitrogens with one attached hydrogen (secondary N) is 2. The summed E-state index contributed by atoms with van der Waals surface area (Å²) in [7, 11) is 0. The number of aryl methyl sites for hydroxylation is 2. The van der Waals surface area contributed by atoms with Crippen molar-refractivity contribution in [1.29, 1.82) is 5.26 Å². The van der Waals surface area contributed by atoms with E-state index in [0.29, 0.717) is 15.7 Å². The fourth-order valence-corrected chi connectivity index (χ4v) is 2.65. The fraction of sp³-hybridized carbons (Fsp3) is 0.118. The molecule has 0 fully saturated rings. The van der Waals surface area contributed by atoms with Gasteiger partial charge in [-0.25, -0.2) is 14.8 Å².